The largest absolute Gasteiger partial charge is 0.469 e. The van der Waals surface area contributed by atoms with Crippen LogP contribution in [0.2, 0.25) is 0 Å². The van der Waals surface area contributed by atoms with E-state index in [1.807, 2.05) is 0 Å². The Morgan fingerprint density at radius 2 is 2.00 bits per heavy atom. The fraction of sp³-hybridized carbons (Fsp3) is 0.750. The molecule has 0 amide bonds. The number of ketones is 1. The third-order valence-corrected chi connectivity index (χ3v) is 2.35. The molecule has 1 aliphatic rings. The van der Waals surface area contributed by atoms with E-state index in [9.17, 15) is 14.4 Å². The smallest absolute Gasteiger partial charge is 0.305 e. The average Bonchev–Trinajstić information content (AvgIpc) is 2.63. The van der Waals surface area contributed by atoms with Gasteiger partial charge in [-0.1, -0.05) is 0 Å². The zero-order chi connectivity index (χ0) is 13.8. The molecule has 18 heavy (non-hydrogen) atoms. The van der Waals surface area contributed by atoms with Crippen LogP contribution in [0.3, 0.4) is 0 Å². The van der Waals surface area contributed by atoms with Crippen molar-refractivity contribution in [3.8, 4) is 0 Å². The van der Waals surface area contributed by atoms with E-state index in [-0.39, 0.29) is 37.1 Å². The molecule has 6 heteroatoms. The second-order valence-corrected chi connectivity index (χ2v) is 3.85. The van der Waals surface area contributed by atoms with E-state index >= 15 is 0 Å². The summed E-state index contributed by atoms with van der Waals surface area (Å²) in [6.07, 6.45) is 4.14. The van der Waals surface area contributed by atoms with Crippen molar-refractivity contribution in [3.05, 3.63) is 0 Å². The minimum atomic E-state index is -0.373. The van der Waals surface area contributed by atoms with Crippen LogP contribution >= 0.6 is 0 Å². The highest BCUT2D eigenvalue weighted by atomic mass is 16.5. The van der Waals surface area contributed by atoms with Gasteiger partial charge in [-0.05, 0) is 19.3 Å². The highest BCUT2D eigenvalue weighted by Gasteiger charge is 2.05. The van der Waals surface area contributed by atoms with E-state index in [1.54, 1.807) is 0 Å². The van der Waals surface area contributed by atoms with Gasteiger partial charge >= 0.3 is 11.9 Å². The molecule has 1 fully saturated rings. The lowest BCUT2D eigenvalue weighted by molar-refractivity contribution is -0.143. The summed E-state index contributed by atoms with van der Waals surface area (Å²) >= 11 is 0. The van der Waals surface area contributed by atoms with E-state index < -0.39 is 0 Å². The van der Waals surface area contributed by atoms with Crippen LogP contribution in [-0.4, -0.2) is 38.0 Å². The first-order valence-electron chi connectivity index (χ1n) is 6.04. The van der Waals surface area contributed by atoms with Gasteiger partial charge in [-0.25, -0.2) is 0 Å². The van der Waals surface area contributed by atoms with Crippen LogP contribution in [0.5, 0.6) is 0 Å². The maximum atomic E-state index is 10.5. The first-order valence-corrected chi connectivity index (χ1v) is 6.04. The van der Waals surface area contributed by atoms with Crippen molar-refractivity contribution in [3.63, 3.8) is 0 Å². The van der Waals surface area contributed by atoms with Gasteiger partial charge in [0.25, 0.3) is 0 Å². The normalized spacial score (nSPS) is 14.7. The summed E-state index contributed by atoms with van der Waals surface area (Å²) in [5.41, 5.74) is 5.00. The topological polar surface area (TPSA) is 95.7 Å². The lowest BCUT2D eigenvalue weighted by Crippen LogP contribution is -2.14. The predicted octanol–water partition coefficient (Wildman–Crippen LogP) is 0.571. The van der Waals surface area contributed by atoms with Crippen molar-refractivity contribution < 1.29 is 23.9 Å². The van der Waals surface area contributed by atoms with Crippen molar-refractivity contribution in [2.75, 3.05) is 20.3 Å². The van der Waals surface area contributed by atoms with Crippen LogP contribution < -0.4 is 5.73 Å². The van der Waals surface area contributed by atoms with E-state index in [2.05, 4.69) is 4.74 Å². The first kappa shape index (κ1) is 16.6. The molecular weight excluding hydrogens is 238 g/mol. The molecule has 2 N–H and O–H groups in total. The SMILES string of the molecule is COC(=O)CCC(=O)CN.O=C1CCCCCO1. The number of hydrogen-bond acceptors (Lipinski definition) is 6. The summed E-state index contributed by atoms with van der Waals surface area (Å²) in [5.74, 6) is -0.519. The number of esters is 2. The Kier molecular flexibility index (Phi) is 9.86. The molecule has 0 spiro atoms. The Balaban J connectivity index is 0.000000327. The van der Waals surface area contributed by atoms with Gasteiger partial charge in [0, 0.05) is 12.8 Å². The maximum absolute atomic E-state index is 10.5. The number of carbonyl (C=O) groups excluding carboxylic acids is 3. The second kappa shape index (κ2) is 10.7. The van der Waals surface area contributed by atoms with Crippen LogP contribution in [0, 0.1) is 0 Å². The molecule has 0 aromatic rings. The van der Waals surface area contributed by atoms with Crippen LogP contribution in [0.4, 0.5) is 0 Å². The highest BCUT2D eigenvalue weighted by Crippen LogP contribution is 2.06. The Morgan fingerprint density at radius 3 is 2.61 bits per heavy atom. The molecule has 0 aromatic heterocycles. The number of methoxy groups -OCH3 is 1. The van der Waals surface area contributed by atoms with E-state index in [1.165, 1.54) is 7.11 Å². The average molecular weight is 259 g/mol. The van der Waals surface area contributed by atoms with Gasteiger partial charge in [-0.15, -0.1) is 0 Å². The van der Waals surface area contributed by atoms with Gasteiger partial charge in [0.1, 0.15) is 5.78 Å². The molecular formula is C12H21NO5. The number of cyclic esters (lactones) is 1. The minimum absolute atomic E-state index is 0.00298. The Morgan fingerprint density at radius 1 is 1.28 bits per heavy atom. The van der Waals surface area contributed by atoms with Gasteiger partial charge in [0.2, 0.25) is 0 Å². The Hall–Kier alpha value is -1.43. The molecule has 1 aliphatic heterocycles. The molecule has 104 valence electrons. The lowest BCUT2D eigenvalue weighted by atomic mass is 10.2. The summed E-state index contributed by atoms with van der Waals surface area (Å²) in [5, 5.41) is 0. The van der Waals surface area contributed by atoms with Crippen molar-refractivity contribution in [2.24, 2.45) is 5.73 Å². The van der Waals surface area contributed by atoms with Gasteiger partial charge in [0.05, 0.1) is 26.7 Å². The van der Waals surface area contributed by atoms with Gasteiger partial charge < -0.3 is 15.2 Å². The fourth-order valence-electron chi connectivity index (χ4n) is 1.25. The van der Waals surface area contributed by atoms with Crippen LogP contribution in [0.1, 0.15) is 38.5 Å². The van der Waals surface area contributed by atoms with Crippen LogP contribution in [0.25, 0.3) is 0 Å². The molecule has 6 nitrogen and oxygen atoms in total. The lowest BCUT2D eigenvalue weighted by Gasteiger charge is -1.95. The number of nitrogens with two attached hydrogens (primary N) is 1. The third-order valence-electron chi connectivity index (χ3n) is 2.35. The van der Waals surface area contributed by atoms with Crippen LogP contribution in [-0.2, 0) is 23.9 Å². The van der Waals surface area contributed by atoms with E-state index in [0.29, 0.717) is 13.0 Å². The molecule has 0 atom stereocenters. The van der Waals surface area contributed by atoms with E-state index in [4.69, 9.17) is 10.5 Å². The molecule has 0 unspecified atom stereocenters. The van der Waals surface area contributed by atoms with Gasteiger partial charge in [-0.3, -0.25) is 14.4 Å². The van der Waals surface area contributed by atoms with Gasteiger partial charge in [0.15, 0.2) is 0 Å². The Bertz CT molecular complexity index is 252. The van der Waals surface area contributed by atoms with Crippen LogP contribution in [0.15, 0.2) is 0 Å². The zero-order valence-electron chi connectivity index (χ0n) is 10.8. The number of Topliss-reactive ketones (excluding diaryl/α,β-unsaturated/α-hetero) is 1. The molecule has 0 aromatic carbocycles. The summed E-state index contributed by atoms with van der Waals surface area (Å²) in [4.78, 5) is 31.4. The van der Waals surface area contributed by atoms with Crippen molar-refractivity contribution in [2.45, 2.75) is 38.5 Å². The highest BCUT2D eigenvalue weighted by molar-refractivity contribution is 5.84. The number of carbonyl (C=O) groups is 3. The fourth-order valence-corrected chi connectivity index (χ4v) is 1.25. The third kappa shape index (κ3) is 9.77. The summed E-state index contributed by atoms with van der Waals surface area (Å²) in [7, 11) is 1.29. The van der Waals surface area contributed by atoms with Crippen molar-refractivity contribution in [1.82, 2.24) is 0 Å². The molecule has 1 heterocycles. The number of ether oxygens (including phenoxy) is 2. The summed E-state index contributed by atoms with van der Waals surface area (Å²) in [6.45, 7) is 0.635. The molecule has 0 bridgehead atoms. The predicted molar refractivity (Wildman–Crippen MR) is 64.7 cm³/mol. The first-order chi connectivity index (χ1) is 8.60. The van der Waals surface area contributed by atoms with Crippen molar-refractivity contribution in [1.29, 1.82) is 0 Å². The molecule has 1 rings (SSSR count). The molecule has 0 radical (unpaired) electrons. The Labute approximate surface area is 107 Å². The maximum Gasteiger partial charge on any atom is 0.305 e. The van der Waals surface area contributed by atoms with E-state index in [0.717, 1.165) is 19.3 Å². The standard InChI is InChI=1S/C6H11NO3.C6H10O2/c1-10-6(9)3-2-5(8)4-7;7-6-4-2-1-3-5-8-6/h2-4,7H2,1H3;1-5H2. The summed E-state index contributed by atoms with van der Waals surface area (Å²) in [6, 6.07) is 0. The number of rotatable bonds is 4. The number of hydrogen-bond donors (Lipinski definition) is 1. The zero-order valence-corrected chi connectivity index (χ0v) is 10.8. The second-order valence-electron chi connectivity index (χ2n) is 3.85. The van der Waals surface area contributed by atoms with Crippen molar-refractivity contribution >= 4 is 17.7 Å². The molecule has 1 saturated heterocycles. The molecule has 0 saturated carbocycles. The monoisotopic (exact) mass is 259 g/mol. The van der Waals surface area contributed by atoms with Gasteiger partial charge in [-0.2, -0.15) is 0 Å². The summed E-state index contributed by atoms with van der Waals surface area (Å²) < 4.78 is 9.08. The molecule has 0 aliphatic carbocycles. The minimum Gasteiger partial charge on any atom is -0.469 e. The quantitative estimate of drug-likeness (QED) is 0.741.